The second-order valence-corrected chi connectivity index (χ2v) is 7.41. The summed E-state index contributed by atoms with van der Waals surface area (Å²) in [5, 5.41) is 2.36. The first-order valence-corrected chi connectivity index (χ1v) is 11.4. The summed E-state index contributed by atoms with van der Waals surface area (Å²) in [5.74, 6) is 0.317. The van der Waals surface area contributed by atoms with Gasteiger partial charge in [-0.15, -0.1) is 0 Å². The van der Waals surface area contributed by atoms with Crippen LogP contribution in [0.15, 0.2) is 30.3 Å². The van der Waals surface area contributed by atoms with Gasteiger partial charge in [0.15, 0.2) is 12.4 Å². The number of hydrogen-bond donors (Lipinski definition) is 0. The Morgan fingerprint density at radius 3 is 2.09 bits per heavy atom. The summed E-state index contributed by atoms with van der Waals surface area (Å²) in [4.78, 5) is 23.7. The number of carbonyl (C=O) groups excluding carboxylic acids is 2. The number of hydrogen-bond acceptors (Lipinski definition) is 8. The lowest BCUT2D eigenvalue weighted by Crippen LogP contribution is -2.14. The molecular weight excluding hydrogens is 484 g/mol. The van der Waals surface area contributed by atoms with E-state index >= 15 is 0 Å². The molecule has 0 aliphatic rings. The van der Waals surface area contributed by atoms with Crippen LogP contribution in [0.3, 0.4) is 0 Å². The number of alkyl halides is 1. The van der Waals surface area contributed by atoms with Crippen LogP contribution in [0.1, 0.15) is 17.3 Å². The SMILES string of the molecule is COC(=O)COc1ccc2ccc(OCCOCCOCCOCCBr)c(C(C)=O)c2c1. The number of ether oxygens (including phenoxy) is 6. The van der Waals surface area contributed by atoms with Crippen LogP contribution in [0.4, 0.5) is 0 Å². The Morgan fingerprint density at radius 1 is 0.844 bits per heavy atom. The van der Waals surface area contributed by atoms with E-state index in [-0.39, 0.29) is 12.4 Å². The van der Waals surface area contributed by atoms with E-state index in [0.717, 1.165) is 10.7 Å². The first-order chi connectivity index (χ1) is 15.6. The number of esters is 1. The molecule has 0 heterocycles. The van der Waals surface area contributed by atoms with Crippen molar-refractivity contribution < 1.29 is 38.0 Å². The minimum atomic E-state index is -0.484. The topological polar surface area (TPSA) is 89.5 Å². The number of methoxy groups -OCH3 is 1. The van der Waals surface area contributed by atoms with E-state index in [1.54, 1.807) is 18.2 Å². The van der Waals surface area contributed by atoms with Crippen molar-refractivity contribution in [2.45, 2.75) is 6.92 Å². The van der Waals surface area contributed by atoms with Crippen molar-refractivity contribution in [3.8, 4) is 11.5 Å². The van der Waals surface area contributed by atoms with Gasteiger partial charge in [0, 0.05) is 5.33 Å². The molecule has 0 aliphatic carbocycles. The van der Waals surface area contributed by atoms with Gasteiger partial charge in [-0.1, -0.05) is 28.1 Å². The van der Waals surface area contributed by atoms with Crippen LogP contribution < -0.4 is 9.47 Å². The number of benzene rings is 2. The molecule has 0 radical (unpaired) electrons. The molecule has 0 spiro atoms. The molecule has 32 heavy (non-hydrogen) atoms. The van der Waals surface area contributed by atoms with Crippen molar-refractivity contribution in [3.63, 3.8) is 0 Å². The van der Waals surface area contributed by atoms with Crippen LogP contribution in [0.2, 0.25) is 0 Å². The highest BCUT2D eigenvalue weighted by atomic mass is 79.9. The number of halogens is 1. The quantitative estimate of drug-likeness (QED) is 0.146. The molecule has 2 aromatic carbocycles. The maximum Gasteiger partial charge on any atom is 0.343 e. The average molecular weight is 513 g/mol. The van der Waals surface area contributed by atoms with Gasteiger partial charge in [0.25, 0.3) is 0 Å². The standard InChI is InChI=1S/C23H29BrO8/c1-17(25)23-20-15-19(32-16-22(26)27-2)5-3-18(20)4-6-21(23)31-14-13-30-12-11-29-10-9-28-8-7-24/h3-6,15H,7-14,16H2,1-2H3. The normalized spacial score (nSPS) is 10.8. The lowest BCUT2D eigenvalue weighted by Gasteiger charge is -2.14. The highest BCUT2D eigenvalue weighted by Crippen LogP contribution is 2.31. The molecule has 8 nitrogen and oxygen atoms in total. The predicted molar refractivity (Wildman–Crippen MR) is 123 cm³/mol. The Morgan fingerprint density at radius 2 is 1.47 bits per heavy atom. The Bertz CT molecular complexity index is 870. The fraction of sp³-hybridized carbons (Fsp3) is 0.478. The minimum absolute atomic E-state index is 0.132. The van der Waals surface area contributed by atoms with Gasteiger partial charge < -0.3 is 28.4 Å². The molecule has 0 N–H and O–H groups in total. The zero-order valence-corrected chi connectivity index (χ0v) is 20.0. The maximum absolute atomic E-state index is 12.3. The Balaban J connectivity index is 1.87. The van der Waals surface area contributed by atoms with E-state index in [4.69, 9.17) is 23.7 Å². The van der Waals surface area contributed by atoms with Gasteiger partial charge >= 0.3 is 5.97 Å². The van der Waals surface area contributed by atoms with Gasteiger partial charge in [0.05, 0.1) is 52.3 Å². The third kappa shape index (κ3) is 8.74. The molecule has 2 rings (SSSR count). The molecule has 0 aliphatic heterocycles. The number of ketones is 1. The average Bonchev–Trinajstić information content (AvgIpc) is 2.80. The molecule has 0 bridgehead atoms. The predicted octanol–water partition coefficient (Wildman–Crippen LogP) is 3.42. The number of carbonyl (C=O) groups is 2. The number of rotatable bonds is 16. The molecule has 0 fully saturated rings. The molecule has 2 aromatic rings. The van der Waals surface area contributed by atoms with E-state index in [9.17, 15) is 9.59 Å². The van der Waals surface area contributed by atoms with E-state index in [0.29, 0.717) is 68.7 Å². The van der Waals surface area contributed by atoms with Crippen molar-refractivity contribution in [1.82, 2.24) is 0 Å². The summed E-state index contributed by atoms with van der Waals surface area (Å²) in [6, 6.07) is 8.92. The van der Waals surface area contributed by atoms with Gasteiger partial charge in [0.2, 0.25) is 0 Å². The van der Waals surface area contributed by atoms with Crippen molar-refractivity contribution in [2.75, 3.05) is 65.3 Å². The van der Waals surface area contributed by atoms with E-state index < -0.39 is 5.97 Å². The van der Waals surface area contributed by atoms with Crippen LogP contribution in [-0.2, 0) is 23.7 Å². The molecular formula is C23H29BrO8. The maximum atomic E-state index is 12.3. The van der Waals surface area contributed by atoms with Gasteiger partial charge in [-0.05, 0) is 35.9 Å². The summed E-state index contributed by atoms with van der Waals surface area (Å²) in [6.45, 7) is 4.59. The molecule has 0 amide bonds. The summed E-state index contributed by atoms with van der Waals surface area (Å²) >= 11 is 3.29. The van der Waals surface area contributed by atoms with Crippen LogP contribution in [-0.4, -0.2) is 77.0 Å². The first kappa shape index (κ1) is 26.1. The largest absolute Gasteiger partial charge is 0.490 e. The summed E-state index contributed by atoms with van der Waals surface area (Å²) in [6.07, 6.45) is 0. The number of fused-ring (bicyclic) bond motifs is 1. The minimum Gasteiger partial charge on any atom is -0.490 e. The van der Waals surface area contributed by atoms with E-state index in [1.807, 2.05) is 12.1 Å². The summed E-state index contributed by atoms with van der Waals surface area (Å²) in [5.41, 5.74) is 0.456. The van der Waals surface area contributed by atoms with E-state index in [2.05, 4.69) is 20.7 Å². The molecule has 0 atom stereocenters. The third-order valence-electron chi connectivity index (χ3n) is 4.34. The molecule has 0 saturated heterocycles. The van der Waals surface area contributed by atoms with Crippen LogP contribution in [0, 0.1) is 0 Å². The Labute approximate surface area is 196 Å². The molecule has 0 aromatic heterocycles. The lowest BCUT2D eigenvalue weighted by molar-refractivity contribution is -0.142. The highest BCUT2D eigenvalue weighted by molar-refractivity contribution is 9.09. The van der Waals surface area contributed by atoms with Crippen molar-refractivity contribution in [2.24, 2.45) is 0 Å². The van der Waals surface area contributed by atoms with Crippen LogP contribution in [0.5, 0.6) is 11.5 Å². The van der Waals surface area contributed by atoms with Gasteiger partial charge in [-0.2, -0.15) is 0 Å². The van der Waals surface area contributed by atoms with Gasteiger partial charge in [-0.25, -0.2) is 4.79 Å². The fourth-order valence-corrected chi connectivity index (χ4v) is 3.09. The molecule has 176 valence electrons. The Kier molecular flexibility index (Phi) is 12.0. The highest BCUT2D eigenvalue weighted by Gasteiger charge is 2.15. The van der Waals surface area contributed by atoms with Crippen molar-refractivity contribution in [3.05, 3.63) is 35.9 Å². The molecule has 0 unspecified atom stereocenters. The lowest BCUT2D eigenvalue weighted by atomic mass is 10.0. The fourth-order valence-electron chi connectivity index (χ4n) is 2.86. The van der Waals surface area contributed by atoms with Crippen molar-refractivity contribution >= 4 is 38.5 Å². The molecule has 9 heteroatoms. The van der Waals surface area contributed by atoms with Gasteiger partial charge in [-0.3, -0.25) is 4.79 Å². The smallest absolute Gasteiger partial charge is 0.343 e. The molecule has 0 saturated carbocycles. The second-order valence-electron chi connectivity index (χ2n) is 6.62. The monoisotopic (exact) mass is 512 g/mol. The van der Waals surface area contributed by atoms with E-state index in [1.165, 1.54) is 14.0 Å². The summed E-state index contributed by atoms with van der Waals surface area (Å²) < 4.78 is 32.0. The van der Waals surface area contributed by atoms with Crippen LogP contribution in [0.25, 0.3) is 10.8 Å². The Hall–Kier alpha value is -2.20. The number of Topliss-reactive ketones (excluding diaryl/α,β-unsaturated/α-hetero) is 1. The first-order valence-electron chi connectivity index (χ1n) is 10.3. The zero-order chi connectivity index (χ0) is 23.2. The van der Waals surface area contributed by atoms with Crippen LogP contribution >= 0.6 is 15.9 Å². The van der Waals surface area contributed by atoms with Gasteiger partial charge in [0.1, 0.15) is 18.1 Å². The second kappa shape index (κ2) is 14.8. The summed E-state index contributed by atoms with van der Waals surface area (Å²) in [7, 11) is 1.29. The third-order valence-corrected chi connectivity index (χ3v) is 4.67. The van der Waals surface area contributed by atoms with Crippen molar-refractivity contribution in [1.29, 1.82) is 0 Å². The zero-order valence-electron chi connectivity index (χ0n) is 18.4.